The van der Waals surface area contributed by atoms with Crippen molar-refractivity contribution in [3.8, 4) is 17.5 Å². The van der Waals surface area contributed by atoms with Gasteiger partial charge in [0.2, 0.25) is 17.7 Å². The van der Waals surface area contributed by atoms with Gasteiger partial charge in [-0.05, 0) is 31.5 Å². The predicted octanol–water partition coefficient (Wildman–Crippen LogP) is 2.11. The molecular formula is C24H34N6O4. The first kappa shape index (κ1) is 25.1. The number of nitrogens with zero attached hydrogens (tertiary/aromatic N) is 5. The highest BCUT2D eigenvalue weighted by Crippen LogP contribution is 2.27. The van der Waals surface area contributed by atoms with E-state index in [4.69, 9.17) is 14.2 Å². The highest BCUT2D eigenvalue weighted by molar-refractivity contribution is 5.78. The van der Waals surface area contributed by atoms with Gasteiger partial charge in [0.05, 0.1) is 50.4 Å². The Morgan fingerprint density at radius 3 is 1.82 bits per heavy atom. The van der Waals surface area contributed by atoms with Crippen LogP contribution in [-0.4, -0.2) is 58.2 Å². The summed E-state index contributed by atoms with van der Waals surface area (Å²) >= 11 is 0. The number of methoxy groups -OCH3 is 3. The molecule has 0 unspecified atom stereocenters. The van der Waals surface area contributed by atoms with Crippen molar-refractivity contribution < 1.29 is 19.0 Å². The molecule has 0 fully saturated rings. The van der Waals surface area contributed by atoms with Gasteiger partial charge >= 0.3 is 0 Å². The summed E-state index contributed by atoms with van der Waals surface area (Å²) in [6.07, 6.45) is 0. The number of nitrogens with one attached hydrogen (secondary N) is 1. The van der Waals surface area contributed by atoms with Crippen LogP contribution in [0.5, 0.6) is 17.5 Å². The Labute approximate surface area is 200 Å². The second-order valence-electron chi connectivity index (χ2n) is 8.16. The van der Waals surface area contributed by atoms with Crippen molar-refractivity contribution in [3.63, 3.8) is 0 Å². The molecule has 1 N–H and O–H groups in total. The van der Waals surface area contributed by atoms with Crippen molar-refractivity contribution in [2.75, 3.05) is 27.9 Å². The fraction of sp³-hybridized carbons (Fsp3) is 0.458. The van der Waals surface area contributed by atoms with Crippen LogP contribution in [0.3, 0.4) is 0 Å². The summed E-state index contributed by atoms with van der Waals surface area (Å²) in [7, 11) is 8.56. The normalized spacial score (nSPS) is 11.1. The molecule has 0 radical (unpaired) electrons. The molecule has 34 heavy (non-hydrogen) atoms. The summed E-state index contributed by atoms with van der Waals surface area (Å²) in [5, 5.41) is 12.0. The van der Waals surface area contributed by atoms with Crippen molar-refractivity contribution in [1.82, 2.24) is 29.8 Å². The highest BCUT2D eigenvalue weighted by Gasteiger charge is 2.23. The lowest BCUT2D eigenvalue weighted by molar-refractivity contribution is -0.122. The van der Waals surface area contributed by atoms with Crippen LogP contribution in [0.25, 0.3) is 0 Å². The third-order valence-electron chi connectivity index (χ3n) is 5.74. The Morgan fingerprint density at radius 1 is 0.882 bits per heavy atom. The van der Waals surface area contributed by atoms with Gasteiger partial charge < -0.3 is 19.5 Å². The summed E-state index contributed by atoms with van der Waals surface area (Å²) in [6, 6.07) is 7.63. The molecule has 0 saturated heterocycles. The number of carbonyl (C=O) groups excluding carboxylic acids is 1. The van der Waals surface area contributed by atoms with Crippen LogP contribution < -0.4 is 19.5 Å². The fourth-order valence-electron chi connectivity index (χ4n) is 4.05. The molecule has 2 heterocycles. The predicted molar refractivity (Wildman–Crippen MR) is 128 cm³/mol. The van der Waals surface area contributed by atoms with E-state index in [0.717, 1.165) is 33.8 Å². The molecule has 1 aromatic carbocycles. The molecule has 0 spiro atoms. The van der Waals surface area contributed by atoms with Gasteiger partial charge in [-0.15, -0.1) is 0 Å². The summed E-state index contributed by atoms with van der Waals surface area (Å²) in [4.78, 5) is 15.0. The molecule has 2 aromatic heterocycles. The van der Waals surface area contributed by atoms with E-state index in [2.05, 4.69) is 15.5 Å². The van der Waals surface area contributed by atoms with E-state index in [1.165, 1.54) is 0 Å². The smallest absolute Gasteiger partial charge is 0.234 e. The first-order valence-electron chi connectivity index (χ1n) is 11.0. The average Bonchev–Trinajstić information content (AvgIpc) is 3.24. The van der Waals surface area contributed by atoms with E-state index in [-0.39, 0.29) is 12.5 Å². The number of ether oxygens (including phenoxy) is 3. The number of hydrogen-bond donors (Lipinski definition) is 1. The Kier molecular flexibility index (Phi) is 8.17. The highest BCUT2D eigenvalue weighted by atomic mass is 16.5. The SMILES string of the molecule is COc1ccc(CNC(=O)CN(Cc2c(C)nn(C)c2OC)Cc2c(C)nn(C)c2OC)cc1. The van der Waals surface area contributed by atoms with E-state index < -0.39 is 0 Å². The molecule has 0 aliphatic carbocycles. The van der Waals surface area contributed by atoms with Crippen molar-refractivity contribution in [2.45, 2.75) is 33.5 Å². The maximum atomic E-state index is 12.9. The van der Waals surface area contributed by atoms with Crippen LogP contribution in [0.15, 0.2) is 24.3 Å². The van der Waals surface area contributed by atoms with Crippen LogP contribution in [-0.2, 0) is 38.5 Å². The molecule has 184 valence electrons. The molecule has 3 rings (SSSR count). The minimum absolute atomic E-state index is 0.0863. The van der Waals surface area contributed by atoms with Crippen LogP contribution in [0.1, 0.15) is 28.1 Å². The summed E-state index contributed by atoms with van der Waals surface area (Å²) in [5.74, 6) is 2.05. The second-order valence-corrected chi connectivity index (χ2v) is 8.16. The molecule has 0 aliphatic heterocycles. The van der Waals surface area contributed by atoms with Gasteiger partial charge in [0.25, 0.3) is 0 Å². The lowest BCUT2D eigenvalue weighted by atomic mass is 10.2. The first-order chi connectivity index (χ1) is 16.3. The standard InChI is InChI=1S/C24H34N6O4/c1-16-20(23(33-6)28(3)26-16)13-30(14-21-17(2)27-29(4)24(21)34-7)15-22(31)25-12-18-8-10-19(32-5)11-9-18/h8-11H,12-15H2,1-7H3,(H,25,31). The van der Waals surface area contributed by atoms with E-state index in [1.807, 2.05) is 57.1 Å². The molecule has 0 saturated carbocycles. The summed E-state index contributed by atoms with van der Waals surface area (Å²) in [6.45, 7) is 5.46. The third kappa shape index (κ3) is 5.69. The molecule has 0 bridgehead atoms. The molecular weight excluding hydrogens is 436 g/mol. The minimum atomic E-state index is -0.0863. The Balaban J connectivity index is 1.79. The largest absolute Gasteiger partial charge is 0.497 e. The van der Waals surface area contributed by atoms with E-state index >= 15 is 0 Å². The van der Waals surface area contributed by atoms with Crippen LogP contribution in [0.2, 0.25) is 0 Å². The van der Waals surface area contributed by atoms with Gasteiger partial charge in [0.1, 0.15) is 5.75 Å². The Morgan fingerprint density at radius 2 is 1.38 bits per heavy atom. The monoisotopic (exact) mass is 470 g/mol. The van der Waals surface area contributed by atoms with E-state index in [1.54, 1.807) is 30.7 Å². The second kappa shape index (κ2) is 11.1. The van der Waals surface area contributed by atoms with Crippen molar-refractivity contribution in [3.05, 3.63) is 52.3 Å². The van der Waals surface area contributed by atoms with Crippen LogP contribution >= 0.6 is 0 Å². The minimum Gasteiger partial charge on any atom is -0.497 e. The maximum absolute atomic E-state index is 12.9. The average molecular weight is 471 g/mol. The number of hydrogen-bond acceptors (Lipinski definition) is 7. The first-order valence-corrected chi connectivity index (χ1v) is 11.0. The molecule has 3 aromatic rings. The zero-order chi connectivity index (χ0) is 24.8. The number of rotatable bonds is 11. The number of benzene rings is 1. The maximum Gasteiger partial charge on any atom is 0.234 e. The van der Waals surface area contributed by atoms with Crippen molar-refractivity contribution in [1.29, 1.82) is 0 Å². The summed E-state index contributed by atoms with van der Waals surface area (Å²) in [5.41, 5.74) is 4.59. The number of aromatic nitrogens is 4. The lowest BCUT2D eigenvalue weighted by Crippen LogP contribution is -2.36. The lowest BCUT2D eigenvalue weighted by Gasteiger charge is -2.22. The van der Waals surface area contributed by atoms with Gasteiger partial charge in [-0.25, -0.2) is 9.36 Å². The zero-order valence-corrected chi connectivity index (χ0v) is 21.0. The van der Waals surface area contributed by atoms with Crippen molar-refractivity contribution >= 4 is 5.91 Å². The molecule has 0 aliphatic rings. The van der Waals surface area contributed by atoms with Gasteiger partial charge in [-0.3, -0.25) is 9.69 Å². The zero-order valence-electron chi connectivity index (χ0n) is 21.0. The fourth-order valence-corrected chi connectivity index (χ4v) is 4.05. The topological polar surface area (TPSA) is 95.7 Å². The van der Waals surface area contributed by atoms with E-state index in [9.17, 15) is 4.79 Å². The Hall–Kier alpha value is -3.53. The molecule has 0 atom stereocenters. The van der Waals surface area contributed by atoms with Gasteiger partial charge in [-0.2, -0.15) is 10.2 Å². The third-order valence-corrected chi connectivity index (χ3v) is 5.74. The molecule has 1 amide bonds. The van der Waals surface area contributed by atoms with Gasteiger partial charge in [0, 0.05) is 33.7 Å². The number of aryl methyl sites for hydroxylation is 4. The molecule has 10 heteroatoms. The van der Waals surface area contributed by atoms with Crippen LogP contribution in [0.4, 0.5) is 0 Å². The summed E-state index contributed by atoms with van der Waals surface area (Å²) < 4.78 is 19.8. The van der Waals surface area contributed by atoms with Crippen molar-refractivity contribution in [2.24, 2.45) is 14.1 Å². The molecule has 10 nitrogen and oxygen atoms in total. The number of carbonyl (C=O) groups is 1. The quantitative estimate of drug-likeness (QED) is 0.459. The van der Waals surface area contributed by atoms with Gasteiger partial charge in [0.15, 0.2) is 0 Å². The van der Waals surface area contributed by atoms with Crippen LogP contribution in [0, 0.1) is 13.8 Å². The Bertz CT molecular complexity index is 1060. The van der Waals surface area contributed by atoms with Gasteiger partial charge in [-0.1, -0.05) is 12.1 Å². The van der Waals surface area contributed by atoms with E-state index in [0.29, 0.717) is 31.4 Å². The number of amides is 1.